The molecule has 0 saturated carbocycles. The van der Waals surface area contributed by atoms with Gasteiger partial charge < -0.3 is 15.5 Å². The number of piperazine rings is 1. The highest BCUT2D eigenvalue weighted by molar-refractivity contribution is 5.78. The van der Waals surface area contributed by atoms with E-state index in [1.54, 1.807) is 0 Å². The van der Waals surface area contributed by atoms with Gasteiger partial charge in [0.05, 0.1) is 6.54 Å². The van der Waals surface area contributed by atoms with E-state index in [4.69, 9.17) is 5.73 Å². The number of rotatable bonds is 3. The second kappa shape index (κ2) is 7.11. The minimum Gasteiger partial charge on any atom is -0.369 e. The molecule has 0 unspecified atom stereocenters. The standard InChI is InChI=1S/C17H26N4O/c18-13-17(22)21-8-4-7-16(14-21)20-11-9-19(10-12-20)15-5-2-1-3-6-15/h1-3,5-6,16H,4,7-14,18H2/t16-/m0/s1. The lowest BCUT2D eigenvalue weighted by atomic mass is 10.0. The Morgan fingerprint density at radius 1 is 1.09 bits per heavy atom. The summed E-state index contributed by atoms with van der Waals surface area (Å²) < 4.78 is 0. The Kier molecular flexibility index (Phi) is 4.95. The minimum absolute atomic E-state index is 0.0904. The molecule has 2 saturated heterocycles. The highest BCUT2D eigenvalue weighted by Crippen LogP contribution is 2.20. The van der Waals surface area contributed by atoms with Crippen LogP contribution in [-0.4, -0.2) is 67.6 Å². The van der Waals surface area contributed by atoms with Crippen LogP contribution >= 0.6 is 0 Å². The molecule has 2 aliphatic rings. The molecule has 2 heterocycles. The molecule has 2 N–H and O–H groups in total. The highest BCUT2D eigenvalue weighted by Gasteiger charge is 2.29. The molecule has 1 aromatic rings. The van der Waals surface area contributed by atoms with Crippen LogP contribution in [0.15, 0.2) is 30.3 Å². The average molecular weight is 302 g/mol. The number of likely N-dealkylation sites (tertiary alicyclic amines) is 1. The maximum Gasteiger partial charge on any atom is 0.236 e. The maximum absolute atomic E-state index is 11.8. The first-order valence-corrected chi connectivity index (χ1v) is 8.30. The molecule has 0 bridgehead atoms. The highest BCUT2D eigenvalue weighted by atomic mass is 16.2. The van der Waals surface area contributed by atoms with E-state index >= 15 is 0 Å². The van der Waals surface area contributed by atoms with Gasteiger partial charge in [0.15, 0.2) is 0 Å². The summed E-state index contributed by atoms with van der Waals surface area (Å²) in [7, 11) is 0. The van der Waals surface area contributed by atoms with Crippen molar-refractivity contribution in [3.05, 3.63) is 30.3 Å². The fourth-order valence-electron chi connectivity index (χ4n) is 3.59. The van der Waals surface area contributed by atoms with Gasteiger partial charge in [-0.1, -0.05) is 18.2 Å². The molecule has 2 aliphatic heterocycles. The smallest absolute Gasteiger partial charge is 0.236 e. The number of piperidine rings is 1. The van der Waals surface area contributed by atoms with Crippen LogP contribution in [0.3, 0.4) is 0 Å². The molecule has 2 fully saturated rings. The zero-order chi connectivity index (χ0) is 15.4. The van der Waals surface area contributed by atoms with Gasteiger partial charge in [-0.2, -0.15) is 0 Å². The van der Waals surface area contributed by atoms with Gasteiger partial charge in [-0.3, -0.25) is 9.69 Å². The number of hydrogen-bond donors (Lipinski definition) is 1. The van der Waals surface area contributed by atoms with E-state index in [-0.39, 0.29) is 12.5 Å². The quantitative estimate of drug-likeness (QED) is 0.895. The van der Waals surface area contributed by atoms with Gasteiger partial charge in [0.2, 0.25) is 5.91 Å². The number of para-hydroxylation sites is 1. The predicted octanol–water partition coefficient (Wildman–Crippen LogP) is 0.758. The van der Waals surface area contributed by atoms with Gasteiger partial charge >= 0.3 is 0 Å². The van der Waals surface area contributed by atoms with Crippen molar-refractivity contribution in [3.63, 3.8) is 0 Å². The molecule has 5 heteroatoms. The molecule has 0 spiro atoms. The number of benzene rings is 1. The van der Waals surface area contributed by atoms with E-state index in [1.807, 2.05) is 4.90 Å². The van der Waals surface area contributed by atoms with E-state index in [0.717, 1.165) is 45.7 Å². The number of hydrogen-bond acceptors (Lipinski definition) is 4. The fraction of sp³-hybridized carbons (Fsp3) is 0.588. The summed E-state index contributed by atoms with van der Waals surface area (Å²) in [6.07, 6.45) is 2.29. The lowest BCUT2D eigenvalue weighted by Crippen LogP contribution is -2.56. The van der Waals surface area contributed by atoms with E-state index < -0.39 is 0 Å². The largest absolute Gasteiger partial charge is 0.369 e. The molecular formula is C17H26N4O. The first-order chi connectivity index (χ1) is 10.8. The van der Waals surface area contributed by atoms with Crippen LogP contribution in [0.5, 0.6) is 0 Å². The van der Waals surface area contributed by atoms with Gasteiger partial charge in [-0.15, -0.1) is 0 Å². The second-order valence-electron chi connectivity index (χ2n) is 6.20. The van der Waals surface area contributed by atoms with Crippen molar-refractivity contribution in [2.75, 3.05) is 50.7 Å². The van der Waals surface area contributed by atoms with Crippen LogP contribution in [0, 0.1) is 0 Å². The third-order valence-electron chi connectivity index (χ3n) is 4.88. The fourth-order valence-corrected chi connectivity index (χ4v) is 3.59. The molecule has 120 valence electrons. The van der Waals surface area contributed by atoms with Crippen LogP contribution < -0.4 is 10.6 Å². The van der Waals surface area contributed by atoms with Crippen LogP contribution in [0.1, 0.15) is 12.8 Å². The molecule has 1 atom stereocenters. The number of carbonyl (C=O) groups is 1. The molecule has 1 aromatic carbocycles. The SMILES string of the molecule is NCC(=O)N1CCC[C@H](N2CCN(c3ccccc3)CC2)C1. The predicted molar refractivity (Wildman–Crippen MR) is 88.9 cm³/mol. The molecule has 0 radical (unpaired) electrons. The third kappa shape index (κ3) is 3.42. The van der Waals surface area contributed by atoms with Crippen LogP contribution in [-0.2, 0) is 4.79 Å². The summed E-state index contributed by atoms with van der Waals surface area (Å²) in [6.45, 7) is 6.12. The summed E-state index contributed by atoms with van der Waals surface area (Å²) in [4.78, 5) is 18.7. The lowest BCUT2D eigenvalue weighted by molar-refractivity contribution is -0.131. The number of anilines is 1. The second-order valence-corrected chi connectivity index (χ2v) is 6.20. The summed E-state index contributed by atoms with van der Waals surface area (Å²) in [5.41, 5.74) is 6.81. The van der Waals surface area contributed by atoms with E-state index in [1.165, 1.54) is 12.1 Å². The number of amides is 1. The van der Waals surface area contributed by atoms with Gasteiger partial charge in [0, 0.05) is 51.0 Å². The van der Waals surface area contributed by atoms with E-state index in [9.17, 15) is 4.79 Å². The number of nitrogens with two attached hydrogens (primary N) is 1. The molecule has 0 aliphatic carbocycles. The van der Waals surface area contributed by atoms with Crippen molar-refractivity contribution in [1.82, 2.24) is 9.80 Å². The summed E-state index contributed by atoms with van der Waals surface area (Å²) in [5, 5.41) is 0. The maximum atomic E-state index is 11.8. The molecule has 1 amide bonds. The van der Waals surface area contributed by atoms with E-state index in [0.29, 0.717) is 6.04 Å². The summed E-state index contributed by atoms with van der Waals surface area (Å²) in [5.74, 6) is 0.0904. The minimum atomic E-state index is 0.0904. The molecular weight excluding hydrogens is 276 g/mol. The Hall–Kier alpha value is -1.59. The molecule has 22 heavy (non-hydrogen) atoms. The monoisotopic (exact) mass is 302 g/mol. The lowest BCUT2D eigenvalue weighted by Gasteiger charge is -2.43. The van der Waals surface area contributed by atoms with Crippen molar-refractivity contribution in [3.8, 4) is 0 Å². The Morgan fingerprint density at radius 3 is 2.50 bits per heavy atom. The van der Waals surface area contributed by atoms with Crippen LogP contribution in [0.25, 0.3) is 0 Å². The number of nitrogens with zero attached hydrogens (tertiary/aromatic N) is 3. The van der Waals surface area contributed by atoms with Gasteiger partial charge in [0.1, 0.15) is 0 Å². The van der Waals surface area contributed by atoms with Crippen molar-refractivity contribution >= 4 is 11.6 Å². The first-order valence-electron chi connectivity index (χ1n) is 8.30. The van der Waals surface area contributed by atoms with Crippen LogP contribution in [0.2, 0.25) is 0 Å². The van der Waals surface area contributed by atoms with Crippen molar-refractivity contribution in [2.24, 2.45) is 5.73 Å². The zero-order valence-electron chi connectivity index (χ0n) is 13.2. The van der Waals surface area contributed by atoms with E-state index in [2.05, 4.69) is 40.1 Å². The third-order valence-corrected chi connectivity index (χ3v) is 4.88. The van der Waals surface area contributed by atoms with Gasteiger partial charge in [-0.25, -0.2) is 0 Å². The van der Waals surface area contributed by atoms with Gasteiger partial charge in [0.25, 0.3) is 0 Å². The van der Waals surface area contributed by atoms with Crippen molar-refractivity contribution in [1.29, 1.82) is 0 Å². The topological polar surface area (TPSA) is 52.8 Å². The van der Waals surface area contributed by atoms with Crippen molar-refractivity contribution in [2.45, 2.75) is 18.9 Å². The summed E-state index contributed by atoms with van der Waals surface area (Å²) in [6, 6.07) is 11.1. The zero-order valence-corrected chi connectivity index (χ0v) is 13.2. The Bertz CT molecular complexity index is 485. The number of carbonyl (C=O) groups excluding carboxylic acids is 1. The Balaban J connectivity index is 1.54. The normalized spacial score (nSPS) is 23.6. The molecule has 0 aromatic heterocycles. The average Bonchev–Trinajstić information content (AvgIpc) is 2.62. The Morgan fingerprint density at radius 2 is 1.82 bits per heavy atom. The Labute approximate surface area is 132 Å². The van der Waals surface area contributed by atoms with Gasteiger partial charge in [-0.05, 0) is 25.0 Å². The molecule has 3 rings (SSSR count). The summed E-state index contributed by atoms with van der Waals surface area (Å²) >= 11 is 0. The van der Waals surface area contributed by atoms with Crippen LogP contribution in [0.4, 0.5) is 5.69 Å². The molecule has 5 nitrogen and oxygen atoms in total. The first kappa shape index (κ1) is 15.3. The van der Waals surface area contributed by atoms with Crippen molar-refractivity contribution < 1.29 is 4.79 Å².